The fourth-order valence-corrected chi connectivity index (χ4v) is 3.81. The lowest BCUT2D eigenvalue weighted by Crippen LogP contribution is -2.36. The maximum Gasteiger partial charge on any atom is 0.275 e. The van der Waals surface area contributed by atoms with Gasteiger partial charge < -0.3 is 14.8 Å². The quantitative estimate of drug-likeness (QED) is 0.405. The van der Waals surface area contributed by atoms with Crippen molar-refractivity contribution in [1.29, 1.82) is 10.8 Å². The molecule has 0 aromatic carbocycles. The average molecular weight is 433 g/mol. The molecule has 3 aromatic heterocycles. The number of hydrogen-bond donors (Lipinski definition) is 3. The molecule has 0 spiro atoms. The number of imidazole rings is 1. The molecule has 9 nitrogen and oxygen atoms in total. The number of amidine groups is 1. The van der Waals surface area contributed by atoms with Gasteiger partial charge in [-0.2, -0.15) is 0 Å². The van der Waals surface area contributed by atoms with E-state index in [-0.39, 0.29) is 19.0 Å². The number of rotatable bonds is 6. The predicted molar refractivity (Wildman–Crippen MR) is 125 cm³/mol. The molecule has 9 heteroatoms. The summed E-state index contributed by atoms with van der Waals surface area (Å²) in [4.78, 5) is 27.4. The molecule has 32 heavy (non-hydrogen) atoms. The highest BCUT2D eigenvalue weighted by Gasteiger charge is 2.18. The maximum absolute atomic E-state index is 12.8. The van der Waals surface area contributed by atoms with Gasteiger partial charge in [0, 0.05) is 25.4 Å². The fourth-order valence-electron chi connectivity index (χ4n) is 3.81. The minimum absolute atomic E-state index is 0. The Balaban J connectivity index is 0.00000306. The number of nitrogens with zero attached hydrogens (tertiary/aromatic N) is 5. The van der Waals surface area contributed by atoms with Crippen molar-refractivity contribution >= 4 is 23.9 Å². The largest absolute Gasteiger partial charge is 0.314 e. The second-order valence-electron chi connectivity index (χ2n) is 7.96. The van der Waals surface area contributed by atoms with Gasteiger partial charge in [-0.05, 0) is 57.7 Å². The van der Waals surface area contributed by atoms with Gasteiger partial charge in [-0.1, -0.05) is 6.07 Å². The number of carbonyl (C=O) groups is 1. The van der Waals surface area contributed by atoms with Crippen LogP contribution < -0.4 is 5.32 Å². The third-order valence-corrected chi connectivity index (χ3v) is 5.47. The first kappa shape index (κ1) is 21.4. The standard InChI is InChI=1S/C23H26N8O.H2/c1-15(2)30(13-24)22(25)18-7-5-8-19(28-18)23(32)29-21-12-16(10-11-26-21)31-14-27-17-6-3-4-9-20(17)31;/h5,7-8,10-15,24-25H,3-4,6,9H2,1-2H3,(H,26,29,32);1H. The van der Waals surface area contributed by atoms with Crippen LogP contribution in [0.3, 0.4) is 0 Å². The number of carbonyl (C=O) groups excluding carboxylic acids is 1. The molecule has 1 amide bonds. The van der Waals surface area contributed by atoms with E-state index >= 15 is 0 Å². The number of hydrogen-bond acceptors (Lipinski definition) is 6. The van der Waals surface area contributed by atoms with E-state index in [1.165, 1.54) is 17.0 Å². The molecule has 0 fully saturated rings. The Bertz CT molecular complexity index is 1170. The van der Waals surface area contributed by atoms with Gasteiger partial charge >= 0.3 is 0 Å². The first-order valence-corrected chi connectivity index (χ1v) is 10.7. The Hall–Kier alpha value is -3.88. The Kier molecular flexibility index (Phi) is 6.07. The molecule has 0 aliphatic heterocycles. The third-order valence-electron chi connectivity index (χ3n) is 5.47. The highest BCUT2D eigenvalue weighted by Crippen LogP contribution is 2.24. The van der Waals surface area contributed by atoms with Crippen LogP contribution in [0.5, 0.6) is 0 Å². The van der Waals surface area contributed by atoms with Crippen molar-refractivity contribution in [1.82, 2.24) is 24.4 Å². The first-order valence-electron chi connectivity index (χ1n) is 10.7. The molecule has 0 radical (unpaired) electrons. The van der Waals surface area contributed by atoms with Gasteiger partial charge in [0.1, 0.15) is 17.2 Å². The smallest absolute Gasteiger partial charge is 0.275 e. The van der Waals surface area contributed by atoms with Crippen molar-refractivity contribution < 1.29 is 6.22 Å². The van der Waals surface area contributed by atoms with E-state index in [0.717, 1.165) is 37.0 Å². The normalized spacial score (nSPS) is 12.8. The molecule has 1 aliphatic rings. The molecule has 3 N–H and O–H groups in total. The van der Waals surface area contributed by atoms with E-state index in [4.69, 9.17) is 10.8 Å². The van der Waals surface area contributed by atoms with E-state index in [1.54, 1.807) is 24.4 Å². The number of anilines is 1. The summed E-state index contributed by atoms with van der Waals surface area (Å²) in [7, 11) is 0. The van der Waals surface area contributed by atoms with Crippen LogP contribution in [-0.2, 0) is 12.8 Å². The van der Waals surface area contributed by atoms with Crippen LogP contribution in [0.15, 0.2) is 42.9 Å². The number of pyridine rings is 2. The topological polar surface area (TPSA) is 124 Å². The van der Waals surface area contributed by atoms with Crippen LogP contribution in [0.1, 0.15) is 55.7 Å². The van der Waals surface area contributed by atoms with Crippen LogP contribution in [0.4, 0.5) is 5.82 Å². The highest BCUT2D eigenvalue weighted by molar-refractivity contribution is 6.05. The minimum atomic E-state index is -0.414. The van der Waals surface area contributed by atoms with Gasteiger partial charge in [-0.15, -0.1) is 0 Å². The van der Waals surface area contributed by atoms with Gasteiger partial charge in [-0.25, -0.2) is 15.0 Å². The molecule has 0 bridgehead atoms. The van der Waals surface area contributed by atoms with Gasteiger partial charge in [0.15, 0.2) is 5.84 Å². The van der Waals surface area contributed by atoms with E-state index in [1.807, 2.05) is 32.3 Å². The summed E-state index contributed by atoms with van der Waals surface area (Å²) >= 11 is 0. The second kappa shape index (κ2) is 9.09. The highest BCUT2D eigenvalue weighted by atomic mass is 16.1. The summed E-state index contributed by atoms with van der Waals surface area (Å²) in [5.41, 5.74) is 3.75. The molecule has 1 aliphatic carbocycles. The molecule has 0 unspecified atom stereocenters. The molecular formula is C23H28N8O. The summed E-state index contributed by atoms with van der Waals surface area (Å²) < 4.78 is 2.06. The summed E-state index contributed by atoms with van der Waals surface area (Å²) in [6.45, 7) is 3.76. The SMILES string of the molecule is CC(C)N(C=N)C(=N)c1cccc(C(=O)Nc2cc(-n3cnc4c3CCCC4)ccn2)n1.[HH]. The molecule has 0 atom stereocenters. The van der Waals surface area contributed by atoms with Crippen LogP contribution in [-0.4, -0.2) is 48.5 Å². The average Bonchev–Trinajstić information content (AvgIpc) is 3.24. The fraction of sp³-hybridized carbons (Fsp3) is 0.304. The molecule has 166 valence electrons. The molecule has 4 rings (SSSR count). The van der Waals surface area contributed by atoms with Crippen LogP contribution >= 0.6 is 0 Å². The third kappa shape index (κ3) is 4.27. The van der Waals surface area contributed by atoms with Crippen LogP contribution in [0.2, 0.25) is 0 Å². The lowest BCUT2D eigenvalue weighted by atomic mass is 10.0. The summed E-state index contributed by atoms with van der Waals surface area (Å²) in [5, 5.41) is 18.7. The van der Waals surface area contributed by atoms with E-state index in [0.29, 0.717) is 11.5 Å². The maximum atomic E-state index is 12.8. The monoisotopic (exact) mass is 432 g/mol. The molecule has 0 saturated heterocycles. The van der Waals surface area contributed by atoms with E-state index in [9.17, 15) is 4.79 Å². The zero-order valence-corrected chi connectivity index (χ0v) is 18.2. The van der Waals surface area contributed by atoms with Crippen molar-refractivity contribution in [2.45, 2.75) is 45.6 Å². The van der Waals surface area contributed by atoms with Gasteiger partial charge in [0.2, 0.25) is 0 Å². The Morgan fingerprint density at radius 2 is 2.00 bits per heavy atom. The number of aromatic nitrogens is 4. The zero-order chi connectivity index (χ0) is 22.7. The molecule has 0 saturated carbocycles. The predicted octanol–water partition coefficient (Wildman–Crippen LogP) is 3.68. The van der Waals surface area contributed by atoms with E-state index < -0.39 is 5.91 Å². The molecule has 3 aromatic rings. The summed E-state index contributed by atoms with van der Waals surface area (Å²) in [6.07, 6.45) is 8.88. The van der Waals surface area contributed by atoms with Crippen LogP contribution in [0, 0.1) is 10.8 Å². The number of amides is 1. The summed E-state index contributed by atoms with van der Waals surface area (Å²) in [6, 6.07) is 8.56. The minimum Gasteiger partial charge on any atom is -0.314 e. The first-order chi connectivity index (χ1) is 15.5. The van der Waals surface area contributed by atoms with Crippen molar-refractivity contribution in [2.75, 3.05) is 5.32 Å². The Morgan fingerprint density at radius 3 is 2.78 bits per heavy atom. The van der Waals surface area contributed by atoms with Crippen molar-refractivity contribution in [3.8, 4) is 5.69 Å². The molecular weight excluding hydrogens is 404 g/mol. The lowest BCUT2D eigenvalue weighted by Gasteiger charge is -2.23. The van der Waals surface area contributed by atoms with Crippen molar-refractivity contribution in [2.24, 2.45) is 0 Å². The van der Waals surface area contributed by atoms with Crippen molar-refractivity contribution in [3.05, 3.63) is 65.6 Å². The van der Waals surface area contributed by atoms with Gasteiger partial charge in [0.05, 0.1) is 24.0 Å². The number of aryl methyl sites for hydroxylation is 1. The van der Waals surface area contributed by atoms with Crippen LogP contribution in [0.25, 0.3) is 5.69 Å². The Labute approximate surface area is 188 Å². The van der Waals surface area contributed by atoms with Gasteiger partial charge in [-0.3, -0.25) is 15.6 Å². The molecule has 3 heterocycles. The number of nitrogens with one attached hydrogen (secondary N) is 3. The second-order valence-corrected chi connectivity index (χ2v) is 7.96. The van der Waals surface area contributed by atoms with E-state index in [2.05, 4.69) is 24.8 Å². The number of fused-ring (bicyclic) bond motifs is 1. The Morgan fingerprint density at radius 1 is 1.22 bits per heavy atom. The lowest BCUT2D eigenvalue weighted by molar-refractivity contribution is 0.102. The summed E-state index contributed by atoms with van der Waals surface area (Å²) in [5.74, 6) is 0.0638. The van der Waals surface area contributed by atoms with Gasteiger partial charge in [0.25, 0.3) is 5.91 Å². The van der Waals surface area contributed by atoms with Crippen molar-refractivity contribution in [3.63, 3.8) is 0 Å². The zero-order valence-electron chi connectivity index (χ0n) is 18.2.